The van der Waals surface area contributed by atoms with Gasteiger partial charge < -0.3 is 5.73 Å². The molecule has 1 atom stereocenters. The van der Waals surface area contributed by atoms with Crippen LogP contribution in [0.4, 0.5) is 0 Å². The van der Waals surface area contributed by atoms with E-state index in [4.69, 9.17) is 5.73 Å². The monoisotopic (exact) mass is 161 g/mol. The molecule has 1 heteroatoms. The molecule has 1 nitrogen and oxygen atoms in total. The fraction of sp³-hybridized carbons (Fsp3) is 0.455. The minimum atomic E-state index is 0.321. The Kier molecular flexibility index (Phi) is 2.13. The van der Waals surface area contributed by atoms with Gasteiger partial charge in [0.25, 0.3) is 0 Å². The minimum Gasteiger partial charge on any atom is -0.324 e. The molecule has 0 heterocycles. The molecule has 0 radical (unpaired) electrons. The maximum Gasteiger partial charge on any atom is 0.0262 e. The molecular weight excluding hydrogens is 146 g/mol. The lowest BCUT2D eigenvalue weighted by atomic mass is 9.87. The lowest BCUT2D eigenvalue weighted by molar-refractivity contribution is 0.593. The predicted octanol–water partition coefficient (Wildman–Crippen LogP) is 2.31. The summed E-state index contributed by atoms with van der Waals surface area (Å²) in [4.78, 5) is 0. The summed E-state index contributed by atoms with van der Waals surface area (Å²) in [6.45, 7) is 0. The third-order valence-corrected chi connectivity index (χ3v) is 2.70. The first-order chi connectivity index (χ1) is 5.88. The van der Waals surface area contributed by atoms with Gasteiger partial charge in [0.15, 0.2) is 0 Å². The largest absolute Gasteiger partial charge is 0.324 e. The normalized spacial score (nSPS) is 28.6. The van der Waals surface area contributed by atoms with Crippen molar-refractivity contribution in [1.29, 1.82) is 0 Å². The molecule has 2 N–H and O–H groups in total. The van der Waals surface area contributed by atoms with Gasteiger partial charge in [0.05, 0.1) is 0 Å². The zero-order valence-corrected chi connectivity index (χ0v) is 7.29. The van der Waals surface area contributed by atoms with E-state index in [0.29, 0.717) is 6.04 Å². The van der Waals surface area contributed by atoms with Crippen LogP contribution in [0.2, 0.25) is 0 Å². The second kappa shape index (κ2) is 3.28. The molecule has 0 saturated carbocycles. The van der Waals surface area contributed by atoms with Gasteiger partial charge in [-0.2, -0.15) is 0 Å². The van der Waals surface area contributed by atoms with Crippen LogP contribution >= 0.6 is 0 Å². The molecule has 2 aliphatic rings. The first kappa shape index (κ1) is 7.81. The minimum absolute atomic E-state index is 0.321. The van der Waals surface area contributed by atoms with Crippen molar-refractivity contribution in [2.24, 2.45) is 5.73 Å². The van der Waals surface area contributed by atoms with Crippen LogP contribution in [0.5, 0.6) is 0 Å². The van der Waals surface area contributed by atoms with Crippen molar-refractivity contribution in [3.05, 3.63) is 35.5 Å². The summed E-state index contributed by atoms with van der Waals surface area (Å²) in [5.41, 5.74) is 8.98. The standard InChI is InChI=1S/C11H15N/c12-11-8-4-6-9-5-2-1-3-7-10(9)11/h1-3,5,11H,4,6-8,12H2. The fourth-order valence-electron chi connectivity index (χ4n) is 2.00. The number of nitrogens with two attached hydrogens (primary N) is 1. The number of allylic oxidation sites excluding steroid dienone is 5. The van der Waals surface area contributed by atoms with Gasteiger partial charge in [-0.15, -0.1) is 0 Å². The molecule has 2 rings (SSSR count). The van der Waals surface area contributed by atoms with Gasteiger partial charge in [-0.25, -0.2) is 0 Å². The third-order valence-electron chi connectivity index (χ3n) is 2.70. The van der Waals surface area contributed by atoms with E-state index in [0.717, 1.165) is 6.42 Å². The summed E-state index contributed by atoms with van der Waals surface area (Å²) < 4.78 is 0. The van der Waals surface area contributed by atoms with Crippen molar-refractivity contribution in [2.45, 2.75) is 31.7 Å². The molecule has 12 heavy (non-hydrogen) atoms. The Labute approximate surface area is 73.6 Å². The molecule has 0 aromatic rings. The maximum absolute atomic E-state index is 6.03. The Bertz CT molecular complexity index is 258. The van der Waals surface area contributed by atoms with E-state index in [9.17, 15) is 0 Å². The highest BCUT2D eigenvalue weighted by atomic mass is 14.6. The summed E-state index contributed by atoms with van der Waals surface area (Å²) in [6, 6.07) is 0.321. The number of rotatable bonds is 0. The van der Waals surface area contributed by atoms with Gasteiger partial charge in [0.2, 0.25) is 0 Å². The summed E-state index contributed by atoms with van der Waals surface area (Å²) in [5.74, 6) is 0. The van der Waals surface area contributed by atoms with Crippen molar-refractivity contribution < 1.29 is 0 Å². The molecular formula is C11H15N. The van der Waals surface area contributed by atoms with E-state index in [1.165, 1.54) is 30.4 Å². The molecule has 2 aliphatic carbocycles. The molecule has 0 aromatic carbocycles. The lowest BCUT2D eigenvalue weighted by Crippen LogP contribution is -2.26. The van der Waals surface area contributed by atoms with E-state index >= 15 is 0 Å². The van der Waals surface area contributed by atoms with Gasteiger partial charge in [-0.1, -0.05) is 24.3 Å². The molecule has 0 amide bonds. The molecule has 0 saturated heterocycles. The smallest absolute Gasteiger partial charge is 0.0262 e. The van der Waals surface area contributed by atoms with Crippen molar-refractivity contribution in [1.82, 2.24) is 0 Å². The molecule has 64 valence electrons. The van der Waals surface area contributed by atoms with E-state index in [-0.39, 0.29) is 0 Å². The summed E-state index contributed by atoms with van der Waals surface area (Å²) in [6.07, 6.45) is 13.4. The first-order valence-corrected chi connectivity index (χ1v) is 4.68. The zero-order chi connectivity index (χ0) is 8.39. The predicted molar refractivity (Wildman–Crippen MR) is 51.7 cm³/mol. The number of hydrogen-bond donors (Lipinski definition) is 1. The Hall–Kier alpha value is -0.820. The van der Waals surface area contributed by atoms with Crippen molar-refractivity contribution >= 4 is 0 Å². The second-order valence-corrected chi connectivity index (χ2v) is 3.54. The van der Waals surface area contributed by atoms with E-state index in [2.05, 4.69) is 24.3 Å². The van der Waals surface area contributed by atoms with Crippen LogP contribution in [0.15, 0.2) is 35.5 Å². The summed E-state index contributed by atoms with van der Waals surface area (Å²) in [7, 11) is 0. The lowest BCUT2D eigenvalue weighted by Gasteiger charge is -2.23. The van der Waals surface area contributed by atoms with Crippen LogP contribution in [0.1, 0.15) is 25.7 Å². The fourth-order valence-corrected chi connectivity index (χ4v) is 2.00. The van der Waals surface area contributed by atoms with Gasteiger partial charge in [0.1, 0.15) is 0 Å². The van der Waals surface area contributed by atoms with Crippen molar-refractivity contribution in [2.75, 3.05) is 0 Å². The van der Waals surface area contributed by atoms with E-state index in [1.54, 1.807) is 0 Å². The maximum atomic E-state index is 6.03. The summed E-state index contributed by atoms with van der Waals surface area (Å²) >= 11 is 0. The molecule has 0 aliphatic heterocycles. The Morgan fingerprint density at radius 3 is 3.17 bits per heavy atom. The van der Waals surface area contributed by atoms with Gasteiger partial charge in [-0.3, -0.25) is 0 Å². The van der Waals surface area contributed by atoms with E-state index in [1.807, 2.05) is 0 Å². The molecule has 1 unspecified atom stereocenters. The average Bonchev–Trinajstić information content (AvgIpc) is 2.30. The average molecular weight is 161 g/mol. The van der Waals surface area contributed by atoms with Crippen LogP contribution in [0.3, 0.4) is 0 Å². The summed E-state index contributed by atoms with van der Waals surface area (Å²) in [5, 5.41) is 0. The molecule has 0 aromatic heterocycles. The van der Waals surface area contributed by atoms with Gasteiger partial charge >= 0.3 is 0 Å². The van der Waals surface area contributed by atoms with E-state index < -0.39 is 0 Å². The topological polar surface area (TPSA) is 26.0 Å². The Morgan fingerprint density at radius 2 is 2.25 bits per heavy atom. The quantitative estimate of drug-likeness (QED) is 0.579. The Morgan fingerprint density at radius 1 is 1.33 bits per heavy atom. The van der Waals surface area contributed by atoms with Crippen molar-refractivity contribution in [3.63, 3.8) is 0 Å². The first-order valence-electron chi connectivity index (χ1n) is 4.68. The highest BCUT2D eigenvalue weighted by Gasteiger charge is 2.17. The third kappa shape index (κ3) is 1.37. The second-order valence-electron chi connectivity index (χ2n) is 3.54. The highest BCUT2D eigenvalue weighted by molar-refractivity contribution is 5.36. The van der Waals surface area contributed by atoms with Crippen LogP contribution in [-0.2, 0) is 0 Å². The number of hydrogen-bond acceptors (Lipinski definition) is 1. The molecule has 0 fully saturated rings. The van der Waals surface area contributed by atoms with Gasteiger partial charge in [-0.05, 0) is 36.8 Å². The Balaban J connectivity index is 2.32. The molecule has 0 spiro atoms. The van der Waals surface area contributed by atoms with Crippen LogP contribution < -0.4 is 5.73 Å². The van der Waals surface area contributed by atoms with Crippen molar-refractivity contribution in [3.8, 4) is 0 Å². The zero-order valence-electron chi connectivity index (χ0n) is 7.29. The van der Waals surface area contributed by atoms with Crippen LogP contribution in [0.25, 0.3) is 0 Å². The van der Waals surface area contributed by atoms with Gasteiger partial charge in [0, 0.05) is 6.04 Å². The van der Waals surface area contributed by atoms with Crippen LogP contribution in [-0.4, -0.2) is 6.04 Å². The highest BCUT2D eigenvalue weighted by Crippen LogP contribution is 2.28. The molecule has 0 bridgehead atoms. The SMILES string of the molecule is NC1CCCC2=C1CC=CC=C2. The van der Waals surface area contributed by atoms with Crippen LogP contribution in [0, 0.1) is 0 Å².